The van der Waals surface area contributed by atoms with Crippen molar-refractivity contribution < 1.29 is 19.9 Å². The van der Waals surface area contributed by atoms with E-state index in [0.29, 0.717) is 0 Å². The molecule has 0 amide bonds. The highest BCUT2D eigenvalue weighted by Crippen LogP contribution is 2.17. The second kappa shape index (κ2) is 8.01. The molecule has 0 unspecified atom stereocenters. The number of hydrogen-bond donors (Lipinski definition) is 2. The van der Waals surface area contributed by atoms with Crippen molar-refractivity contribution in [3.05, 3.63) is 23.8 Å². The SMILES string of the molecule is CCc1cccc2c1nnn2CN(OCCO)OCCO. The lowest BCUT2D eigenvalue weighted by Gasteiger charge is -2.20. The van der Waals surface area contributed by atoms with Crippen molar-refractivity contribution in [3.8, 4) is 0 Å². The van der Waals surface area contributed by atoms with Crippen LogP contribution in [0.1, 0.15) is 12.5 Å². The highest BCUT2D eigenvalue weighted by Gasteiger charge is 2.12. The molecule has 1 aromatic carbocycles. The maximum Gasteiger partial charge on any atom is 0.146 e. The third-order valence-electron chi connectivity index (χ3n) is 2.91. The Labute approximate surface area is 122 Å². The first kappa shape index (κ1) is 15.8. The number of hydroxylamine groups is 2. The first-order valence-corrected chi connectivity index (χ1v) is 6.86. The molecular weight excluding hydrogens is 276 g/mol. The van der Waals surface area contributed by atoms with Crippen molar-refractivity contribution in [2.45, 2.75) is 20.0 Å². The van der Waals surface area contributed by atoms with E-state index in [1.165, 1.54) is 5.23 Å². The van der Waals surface area contributed by atoms with Gasteiger partial charge in [0, 0.05) is 0 Å². The lowest BCUT2D eigenvalue weighted by molar-refractivity contribution is -0.387. The third-order valence-corrected chi connectivity index (χ3v) is 2.91. The van der Waals surface area contributed by atoms with Crippen LogP contribution in [0, 0.1) is 0 Å². The Hall–Kier alpha value is -1.58. The van der Waals surface area contributed by atoms with Gasteiger partial charge in [0.25, 0.3) is 0 Å². The van der Waals surface area contributed by atoms with Gasteiger partial charge in [-0.1, -0.05) is 24.3 Å². The van der Waals surface area contributed by atoms with Crippen molar-refractivity contribution in [1.29, 1.82) is 0 Å². The van der Waals surface area contributed by atoms with Crippen molar-refractivity contribution in [2.75, 3.05) is 26.4 Å². The van der Waals surface area contributed by atoms with E-state index in [1.807, 2.05) is 18.2 Å². The number of benzene rings is 1. The topological polar surface area (TPSA) is 92.9 Å². The molecule has 0 aliphatic heterocycles. The number of rotatable bonds is 9. The number of aromatic nitrogens is 3. The van der Waals surface area contributed by atoms with Crippen LogP contribution in [0.5, 0.6) is 0 Å². The van der Waals surface area contributed by atoms with E-state index < -0.39 is 0 Å². The average molecular weight is 296 g/mol. The molecule has 2 N–H and O–H groups in total. The summed E-state index contributed by atoms with van der Waals surface area (Å²) in [6, 6.07) is 5.89. The van der Waals surface area contributed by atoms with Crippen LogP contribution in [-0.4, -0.2) is 56.9 Å². The van der Waals surface area contributed by atoms with Gasteiger partial charge in [-0.05, 0) is 23.3 Å². The Balaban J connectivity index is 2.15. The Morgan fingerprint density at radius 1 is 1.19 bits per heavy atom. The minimum absolute atomic E-state index is 0.0955. The molecule has 2 rings (SSSR count). The van der Waals surface area contributed by atoms with E-state index in [2.05, 4.69) is 17.2 Å². The molecular formula is C13H20N4O4. The molecule has 1 aromatic heterocycles. The first-order chi connectivity index (χ1) is 10.3. The van der Waals surface area contributed by atoms with Gasteiger partial charge < -0.3 is 10.2 Å². The second-order valence-corrected chi connectivity index (χ2v) is 4.32. The van der Waals surface area contributed by atoms with Gasteiger partial charge in [0.2, 0.25) is 0 Å². The molecule has 0 atom stereocenters. The summed E-state index contributed by atoms with van der Waals surface area (Å²) >= 11 is 0. The lowest BCUT2D eigenvalue weighted by atomic mass is 10.1. The standard InChI is InChI=1S/C13H20N4O4/c1-2-11-4-3-5-12-13(11)14-15-16(12)10-17(20-8-6-18)21-9-7-19/h3-5,18-19H,2,6-10H2,1H3. The highest BCUT2D eigenvalue weighted by atomic mass is 17.0. The average Bonchev–Trinajstić information content (AvgIpc) is 2.93. The normalized spacial score (nSPS) is 11.6. The fourth-order valence-corrected chi connectivity index (χ4v) is 1.95. The lowest BCUT2D eigenvalue weighted by Crippen LogP contribution is -2.30. The Bertz CT molecular complexity index is 552. The van der Waals surface area contributed by atoms with Crippen molar-refractivity contribution >= 4 is 11.0 Å². The van der Waals surface area contributed by atoms with Crippen LogP contribution in [0.25, 0.3) is 11.0 Å². The van der Waals surface area contributed by atoms with Crippen LogP contribution in [0.4, 0.5) is 0 Å². The summed E-state index contributed by atoms with van der Waals surface area (Å²) in [5.74, 6) is 0. The molecule has 0 aliphatic carbocycles. The molecule has 0 aliphatic rings. The summed E-state index contributed by atoms with van der Waals surface area (Å²) in [5, 5.41) is 27.1. The van der Waals surface area contributed by atoms with Gasteiger partial charge in [0.1, 0.15) is 12.2 Å². The van der Waals surface area contributed by atoms with Gasteiger partial charge in [0.05, 0.1) is 31.9 Å². The molecule has 0 spiro atoms. The summed E-state index contributed by atoms with van der Waals surface area (Å²) in [4.78, 5) is 10.5. The van der Waals surface area contributed by atoms with E-state index in [4.69, 9.17) is 19.9 Å². The zero-order chi connectivity index (χ0) is 15.1. The number of nitrogens with zero attached hydrogens (tertiary/aromatic N) is 4. The number of fused-ring (bicyclic) bond motifs is 1. The van der Waals surface area contributed by atoms with Crippen molar-refractivity contribution in [1.82, 2.24) is 20.2 Å². The van der Waals surface area contributed by atoms with E-state index in [1.54, 1.807) is 4.68 Å². The van der Waals surface area contributed by atoms with Crippen LogP contribution in [0.2, 0.25) is 0 Å². The molecule has 0 fully saturated rings. The van der Waals surface area contributed by atoms with E-state index in [-0.39, 0.29) is 33.1 Å². The first-order valence-electron chi connectivity index (χ1n) is 6.86. The highest BCUT2D eigenvalue weighted by molar-refractivity contribution is 5.77. The summed E-state index contributed by atoms with van der Waals surface area (Å²) in [6.07, 6.45) is 0.877. The van der Waals surface area contributed by atoms with Gasteiger partial charge in [-0.2, -0.15) is 0 Å². The van der Waals surface area contributed by atoms with Gasteiger partial charge in [-0.15, -0.1) is 5.10 Å². The fourth-order valence-electron chi connectivity index (χ4n) is 1.95. The van der Waals surface area contributed by atoms with Gasteiger partial charge in [0.15, 0.2) is 0 Å². The predicted molar refractivity (Wildman–Crippen MR) is 74.8 cm³/mol. The number of aryl methyl sites for hydroxylation is 1. The zero-order valence-electron chi connectivity index (χ0n) is 12.0. The van der Waals surface area contributed by atoms with E-state index >= 15 is 0 Å². The third kappa shape index (κ3) is 3.96. The number of hydrogen-bond acceptors (Lipinski definition) is 7. The van der Waals surface area contributed by atoms with Crippen molar-refractivity contribution in [3.63, 3.8) is 0 Å². The molecule has 0 radical (unpaired) electrons. The van der Waals surface area contributed by atoms with Crippen molar-refractivity contribution in [2.24, 2.45) is 0 Å². The Kier molecular flexibility index (Phi) is 6.03. The second-order valence-electron chi connectivity index (χ2n) is 4.32. The maximum absolute atomic E-state index is 8.82. The largest absolute Gasteiger partial charge is 0.394 e. The zero-order valence-corrected chi connectivity index (χ0v) is 12.0. The molecule has 116 valence electrons. The summed E-state index contributed by atoms with van der Waals surface area (Å²) in [6.45, 7) is 2.18. The van der Waals surface area contributed by atoms with Crippen LogP contribution >= 0.6 is 0 Å². The van der Waals surface area contributed by atoms with E-state index in [0.717, 1.165) is 23.0 Å². The van der Waals surface area contributed by atoms with Crippen LogP contribution in [0.15, 0.2) is 18.2 Å². The summed E-state index contributed by atoms with van der Waals surface area (Å²) in [7, 11) is 0. The van der Waals surface area contributed by atoms with Crippen LogP contribution < -0.4 is 0 Å². The monoisotopic (exact) mass is 296 g/mol. The summed E-state index contributed by atoms with van der Waals surface area (Å²) in [5.41, 5.74) is 2.85. The van der Waals surface area contributed by atoms with Crippen LogP contribution in [0.3, 0.4) is 0 Å². The molecule has 0 bridgehead atoms. The quantitative estimate of drug-likeness (QED) is 0.634. The minimum Gasteiger partial charge on any atom is -0.394 e. The molecule has 0 saturated carbocycles. The minimum atomic E-state index is -0.128. The van der Waals surface area contributed by atoms with E-state index in [9.17, 15) is 0 Å². The fraction of sp³-hybridized carbons (Fsp3) is 0.538. The van der Waals surface area contributed by atoms with Crippen LogP contribution in [-0.2, 0) is 22.8 Å². The molecule has 21 heavy (non-hydrogen) atoms. The number of aliphatic hydroxyl groups excluding tert-OH is 2. The molecule has 8 nitrogen and oxygen atoms in total. The smallest absolute Gasteiger partial charge is 0.146 e. The summed E-state index contributed by atoms with van der Waals surface area (Å²) < 4.78 is 1.64. The van der Waals surface area contributed by atoms with Gasteiger partial charge in [-0.25, -0.2) is 4.68 Å². The molecule has 0 saturated heterocycles. The molecule has 2 aromatic rings. The van der Waals surface area contributed by atoms with Gasteiger partial charge >= 0.3 is 0 Å². The Morgan fingerprint density at radius 3 is 2.52 bits per heavy atom. The Morgan fingerprint density at radius 2 is 1.90 bits per heavy atom. The number of aliphatic hydroxyl groups is 2. The molecule has 8 heteroatoms. The van der Waals surface area contributed by atoms with Gasteiger partial charge in [-0.3, -0.25) is 9.68 Å². The predicted octanol–water partition coefficient (Wildman–Crippen LogP) is 0.101. The molecule has 1 heterocycles. The maximum atomic E-state index is 8.82.